The largest absolute Gasteiger partial charge is 0.455 e. The third kappa shape index (κ3) is 4.22. The number of fused-ring (bicyclic) bond motifs is 1. The Bertz CT molecular complexity index is 1670. The molecule has 2 N–H and O–H groups in total. The first-order chi connectivity index (χ1) is 18.5. The summed E-state index contributed by atoms with van der Waals surface area (Å²) in [6.07, 6.45) is 3.44. The smallest absolute Gasteiger partial charge is 0.255 e. The molecule has 0 aliphatic heterocycles. The maximum absolute atomic E-state index is 13.5. The highest BCUT2D eigenvalue weighted by molar-refractivity contribution is 6.11. The van der Waals surface area contributed by atoms with E-state index >= 15 is 0 Å². The van der Waals surface area contributed by atoms with Crippen LogP contribution in [0.15, 0.2) is 95.5 Å². The summed E-state index contributed by atoms with van der Waals surface area (Å²) in [4.78, 5) is 30.5. The topological polar surface area (TPSA) is 84.2 Å². The van der Waals surface area contributed by atoms with Crippen LogP contribution in [0.25, 0.3) is 33.4 Å². The van der Waals surface area contributed by atoms with Crippen LogP contribution in [-0.2, 0) is 5.54 Å². The van der Waals surface area contributed by atoms with E-state index < -0.39 is 5.54 Å². The maximum atomic E-state index is 13.5. The van der Waals surface area contributed by atoms with Crippen molar-refractivity contribution >= 4 is 22.8 Å². The van der Waals surface area contributed by atoms with Gasteiger partial charge in [-0.3, -0.25) is 14.6 Å². The Kier molecular flexibility index (Phi) is 5.76. The van der Waals surface area contributed by atoms with E-state index in [1.807, 2.05) is 48.5 Å². The lowest BCUT2D eigenvalue weighted by Gasteiger charge is -2.17. The number of hydrogen-bond donors (Lipinski definition) is 2. The fourth-order valence-electron chi connectivity index (χ4n) is 4.78. The van der Waals surface area contributed by atoms with Crippen LogP contribution in [0.2, 0.25) is 0 Å². The summed E-state index contributed by atoms with van der Waals surface area (Å²) in [5, 5.41) is 6.47. The number of rotatable bonds is 6. The van der Waals surface area contributed by atoms with Gasteiger partial charge in [0, 0.05) is 29.8 Å². The highest BCUT2D eigenvalue weighted by Crippen LogP contribution is 2.44. The molecule has 1 aliphatic rings. The number of nitrogens with one attached hydrogen (secondary N) is 2. The maximum Gasteiger partial charge on any atom is 0.255 e. The van der Waals surface area contributed by atoms with Crippen molar-refractivity contribution in [3.8, 4) is 22.5 Å². The van der Waals surface area contributed by atoms with Gasteiger partial charge in [0.05, 0.1) is 16.8 Å². The van der Waals surface area contributed by atoms with Gasteiger partial charge >= 0.3 is 0 Å². The Balaban J connectivity index is 1.35. The van der Waals surface area contributed by atoms with Gasteiger partial charge in [-0.2, -0.15) is 0 Å². The number of carbonyl (C=O) groups excluding carboxylic acids is 2. The van der Waals surface area contributed by atoms with E-state index in [1.165, 1.54) is 12.1 Å². The molecule has 2 aromatic heterocycles. The molecule has 3 aromatic carbocycles. The number of amides is 2. The minimum Gasteiger partial charge on any atom is -0.455 e. The zero-order valence-corrected chi connectivity index (χ0v) is 20.6. The zero-order chi connectivity index (χ0) is 26.3. The van der Waals surface area contributed by atoms with E-state index in [1.54, 1.807) is 37.5 Å². The van der Waals surface area contributed by atoms with Crippen molar-refractivity contribution in [3.05, 3.63) is 114 Å². The van der Waals surface area contributed by atoms with E-state index in [0.717, 1.165) is 29.7 Å². The van der Waals surface area contributed by atoms with Crippen LogP contribution in [-0.4, -0.2) is 23.8 Å². The fourth-order valence-corrected chi connectivity index (χ4v) is 4.78. The van der Waals surface area contributed by atoms with Gasteiger partial charge in [0.2, 0.25) is 0 Å². The van der Waals surface area contributed by atoms with Crippen molar-refractivity contribution in [2.75, 3.05) is 7.05 Å². The summed E-state index contributed by atoms with van der Waals surface area (Å²) in [5.74, 6) is -0.472. The normalized spacial score (nSPS) is 13.7. The molecule has 1 saturated carbocycles. The molecule has 0 spiro atoms. The molecule has 1 fully saturated rings. The molecule has 6 nitrogen and oxygen atoms in total. The predicted octanol–water partition coefficient (Wildman–Crippen LogP) is 6.08. The number of aromatic nitrogens is 1. The SMILES string of the molecule is CNC(=O)c1c(-c2ccc(F)cc2)oc2ccc(-c3cccc(C(=O)NC4(c5ccccn5)CC4)c3)cc12. The first-order valence-corrected chi connectivity index (χ1v) is 12.4. The van der Waals surface area contributed by atoms with Crippen molar-refractivity contribution < 1.29 is 18.4 Å². The van der Waals surface area contributed by atoms with Crippen LogP contribution in [0.1, 0.15) is 39.3 Å². The molecular weight excluding hydrogens is 481 g/mol. The third-order valence-electron chi connectivity index (χ3n) is 6.96. The summed E-state index contributed by atoms with van der Waals surface area (Å²) in [5.41, 5.74) is 4.16. The minimum atomic E-state index is -0.413. The van der Waals surface area contributed by atoms with Crippen LogP contribution >= 0.6 is 0 Å². The van der Waals surface area contributed by atoms with Gasteiger partial charge in [-0.05, 0) is 84.6 Å². The fraction of sp³-hybridized carbons (Fsp3) is 0.129. The number of nitrogens with zero attached hydrogens (tertiary/aromatic N) is 1. The van der Waals surface area contributed by atoms with Crippen LogP contribution < -0.4 is 10.6 Å². The number of furan rings is 1. The Morgan fingerprint density at radius 1 is 0.868 bits per heavy atom. The molecule has 1 aliphatic carbocycles. The quantitative estimate of drug-likeness (QED) is 0.293. The number of hydrogen-bond acceptors (Lipinski definition) is 4. The molecule has 38 heavy (non-hydrogen) atoms. The Labute approximate surface area is 218 Å². The number of halogens is 1. The molecule has 0 unspecified atom stereocenters. The van der Waals surface area contributed by atoms with Crippen molar-refractivity contribution in [3.63, 3.8) is 0 Å². The standard InChI is InChI=1S/C31H24FN3O3/c1-33-30(37)27-24-18-21(10-13-25(24)38-28(27)19-8-11-23(32)12-9-19)20-5-4-6-22(17-20)29(36)35-31(14-15-31)26-7-2-3-16-34-26/h2-13,16-18H,14-15H2,1H3,(H,33,37)(H,35,36). The van der Waals surface area contributed by atoms with Crippen LogP contribution in [0.5, 0.6) is 0 Å². The monoisotopic (exact) mass is 505 g/mol. The van der Waals surface area contributed by atoms with Crippen LogP contribution in [0.3, 0.4) is 0 Å². The van der Waals surface area contributed by atoms with Crippen molar-refractivity contribution in [1.29, 1.82) is 0 Å². The van der Waals surface area contributed by atoms with Gasteiger partial charge in [0.25, 0.3) is 11.8 Å². The summed E-state index contributed by atoms with van der Waals surface area (Å²) in [6.45, 7) is 0. The summed E-state index contributed by atoms with van der Waals surface area (Å²) >= 11 is 0. The van der Waals surface area contributed by atoms with E-state index in [9.17, 15) is 14.0 Å². The Hall–Kier alpha value is -4.78. The number of carbonyl (C=O) groups is 2. The first kappa shape index (κ1) is 23.6. The van der Waals surface area contributed by atoms with Crippen molar-refractivity contribution in [1.82, 2.24) is 15.6 Å². The zero-order valence-electron chi connectivity index (χ0n) is 20.6. The highest BCUT2D eigenvalue weighted by Gasteiger charge is 2.47. The van der Waals surface area contributed by atoms with E-state index in [2.05, 4.69) is 15.6 Å². The van der Waals surface area contributed by atoms with Crippen LogP contribution in [0, 0.1) is 5.82 Å². The lowest BCUT2D eigenvalue weighted by Crippen LogP contribution is -2.35. The molecule has 0 radical (unpaired) electrons. The summed E-state index contributed by atoms with van der Waals surface area (Å²) in [7, 11) is 1.55. The lowest BCUT2D eigenvalue weighted by atomic mass is 9.98. The van der Waals surface area contributed by atoms with Gasteiger partial charge < -0.3 is 15.1 Å². The van der Waals surface area contributed by atoms with E-state index in [0.29, 0.717) is 33.4 Å². The average molecular weight is 506 g/mol. The molecule has 0 saturated heterocycles. The first-order valence-electron chi connectivity index (χ1n) is 12.4. The van der Waals surface area contributed by atoms with Gasteiger partial charge in [-0.15, -0.1) is 0 Å². The van der Waals surface area contributed by atoms with Gasteiger partial charge in [-0.1, -0.05) is 24.3 Å². The molecule has 7 heteroatoms. The minimum absolute atomic E-state index is 0.163. The second kappa shape index (κ2) is 9.27. The molecule has 5 aromatic rings. The predicted molar refractivity (Wildman–Crippen MR) is 143 cm³/mol. The second-order valence-corrected chi connectivity index (χ2v) is 9.44. The summed E-state index contributed by atoms with van der Waals surface area (Å²) < 4.78 is 19.6. The Morgan fingerprint density at radius 3 is 2.34 bits per heavy atom. The van der Waals surface area contributed by atoms with Gasteiger partial charge in [0.15, 0.2) is 0 Å². The van der Waals surface area contributed by atoms with E-state index in [-0.39, 0.29) is 17.6 Å². The average Bonchev–Trinajstić information content (AvgIpc) is 3.64. The van der Waals surface area contributed by atoms with Gasteiger partial charge in [0.1, 0.15) is 17.2 Å². The lowest BCUT2D eigenvalue weighted by molar-refractivity contribution is 0.0928. The van der Waals surface area contributed by atoms with Crippen LogP contribution in [0.4, 0.5) is 4.39 Å². The van der Waals surface area contributed by atoms with Crippen molar-refractivity contribution in [2.24, 2.45) is 0 Å². The molecule has 2 heterocycles. The summed E-state index contributed by atoms with van der Waals surface area (Å²) in [6, 6.07) is 24.5. The van der Waals surface area contributed by atoms with Gasteiger partial charge in [-0.25, -0.2) is 4.39 Å². The molecule has 0 bridgehead atoms. The molecule has 6 rings (SSSR count). The molecule has 2 amide bonds. The molecular formula is C31H24FN3O3. The molecule has 188 valence electrons. The second-order valence-electron chi connectivity index (χ2n) is 9.44. The third-order valence-corrected chi connectivity index (χ3v) is 6.96. The number of pyridine rings is 1. The van der Waals surface area contributed by atoms with E-state index in [4.69, 9.17) is 4.42 Å². The number of benzene rings is 3. The Morgan fingerprint density at radius 2 is 1.63 bits per heavy atom. The van der Waals surface area contributed by atoms with Crippen molar-refractivity contribution in [2.45, 2.75) is 18.4 Å². The molecule has 0 atom stereocenters. The highest BCUT2D eigenvalue weighted by atomic mass is 19.1.